The molecule has 1 N–H and O–H groups in total. The lowest BCUT2D eigenvalue weighted by atomic mass is 9.75. The van der Waals surface area contributed by atoms with Crippen LogP contribution < -0.4 is 0 Å². The van der Waals surface area contributed by atoms with E-state index in [0.29, 0.717) is 23.3 Å². The van der Waals surface area contributed by atoms with Gasteiger partial charge in [0.2, 0.25) is 0 Å². The zero-order valence-electron chi connectivity index (χ0n) is 33.6. The molecule has 5 nitrogen and oxygen atoms in total. The lowest BCUT2D eigenvalue weighted by Crippen LogP contribution is -2.57. The first-order chi connectivity index (χ1) is 28.2. The van der Waals surface area contributed by atoms with Crippen molar-refractivity contribution in [3.8, 4) is 0 Å². The molecule has 0 amide bonds. The molecule has 0 spiro atoms. The molecule has 6 aromatic carbocycles. The molecule has 0 aromatic heterocycles. The molecule has 1 aliphatic carbocycles. The van der Waals surface area contributed by atoms with E-state index in [2.05, 4.69) is 6.92 Å². The molecule has 0 heterocycles. The molecule has 1 aliphatic rings. The summed E-state index contributed by atoms with van der Waals surface area (Å²) in [5.41, 5.74) is 4.85. The van der Waals surface area contributed by atoms with Crippen LogP contribution in [0.3, 0.4) is 0 Å². The Bertz CT molecular complexity index is 2220. The Balaban J connectivity index is 1.35. The average Bonchev–Trinajstić information content (AvgIpc) is 3.26. The zero-order chi connectivity index (χ0) is 40.4. The predicted octanol–water partition coefficient (Wildman–Crippen LogP) is 10.6. The van der Waals surface area contributed by atoms with Crippen molar-refractivity contribution in [3.63, 3.8) is 0 Å². The molecule has 0 unspecified atom stereocenters. The summed E-state index contributed by atoms with van der Waals surface area (Å²) in [6, 6.07) is 52.0. The van der Waals surface area contributed by atoms with Crippen LogP contribution in [0.15, 0.2) is 175 Å². The van der Waals surface area contributed by atoms with E-state index in [9.17, 15) is 7.85 Å². The van der Waals surface area contributed by atoms with Gasteiger partial charge in [-0.15, -0.1) is 0 Å². The summed E-state index contributed by atoms with van der Waals surface area (Å²) in [5, 5.41) is 13.6. The maximum Gasteiger partial charge on any atom is 0.137 e. The summed E-state index contributed by atoms with van der Waals surface area (Å²) in [6.07, 6.45) is -1.96. The van der Waals surface area contributed by atoms with E-state index in [1.165, 1.54) is 0 Å². The van der Waals surface area contributed by atoms with Gasteiger partial charge in [0, 0.05) is 7.76 Å². The van der Waals surface area contributed by atoms with Gasteiger partial charge in [0.25, 0.3) is 0 Å². The summed E-state index contributed by atoms with van der Waals surface area (Å²) in [5.74, 6) is 0. The summed E-state index contributed by atoms with van der Waals surface area (Å²) >= 11 is 6.84. The van der Waals surface area contributed by atoms with E-state index in [4.69, 9.17) is 30.5 Å². The van der Waals surface area contributed by atoms with E-state index in [0.717, 1.165) is 34.2 Å². The third-order valence-corrected chi connectivity index (χ3v) is 10.4. The first-order valence-corrected chi connectivity index (χ1v) is 19.5. The van der Waals surface area contributed by atoms with Crippen LogP contribution in [-0.4, -0.2) is 30.0 Å². The molecular formula is C50H49ClO5. The van der Waals surface area contributed by atoms with Crippen LogP contribution in [0.5, 0.6) is 0 Å². The highest BCUT2D eigenvalue weighted by Gasteiger charge is 2.52. The fourth-order valence-electron chi connectivity index (χ4n) is 7.03. The number of aliphatic hydroxyl groups is 1. The van der Waals surface area contributed by atoms with Crippen molar-refractivity contribution in [1.29, 1.82) is 0 Å². The summed E-state index contributed by atoms with van der Waals surface area (Å²) < 4.78 is 45.7. The van der Waals surface area contributed by atoms with Crippen LogP contribution in [0.2, 0.25) is 5.02 Å². The van der Waals surface area contributed by atoms with Gasteiger partial charge in [-0.05, 0) is 75.0 Å². The first kappa shape index (κ1) is 36.8. The highest BCUT2D eigenvalue weighted by atomic mass is 35.5. The van der Waals surface area contributed by atoms with Gasteiger partial charge >= 0.3 is 0 Å². The average molecular weight is 767 g/mol. The molecule has 286 valence electrons. The van der Waals surface area contributed by atoms with E-state index in [-0.39, 0.29) is 37.0 Å². The highest BCUT2D eigenvalue weighted by molar-refractivity contribution is 6.31. The van der Waals surface area contributed by atoms with Gasteiger partial charge in [-0.1, -0.05) is 176 Å². The number of rotatable bonds is 17. The Kier molecular flexibility index (Phi) is 12.7. The van der Waals surface area contributed by atoms with Gasteiger partial charge in [0.15, 0.2) is 0 Å². The molecule has 56 heavy (non-hydrogen) atoms. The van der Waals surface area contributed by atoms with E-state index >= 15 is 0 Å². The van der Waals surface area contributed by atoms with Crippen molar-refractivity contribution >= 4 is 11.6 Å². The van der Waals surface area contributed by atoms with Crippen LogP contribution in [0.1, 0.15) is 54.2 Å². The Morgan fingerprint density at radius 2 is 1.07 bits per heavy atom. The normalized spacial score (nSPS) is 20.2. The van der Waals surface area contributed by atoms with Crippen molar-refractivity contribution in [2.24, 2.45) is 0 Å². The Morgan fingerprint density at radius 1 is 0.571 bits per heavy atom. The smallest absolute Gasteiger partial charge is 0.137 e. The molecule has 6 aromatic rings. The minimum Gasteiger partial charge on any atom is -0.378 e. The second-order valence-corrected chi connectivity index (χ2v) is 14.5. The van der Waals surface area contributed by atoms with E-state index < -0.39 is 30.3 Å². The largest absolute Gasteiger partial charge is 0.378 e. The lowest BCUT2D eigenvalue weighted by molar-refractivity contribution is -0.204. The molecular weight excluding hydrogens is 716 g/mol. The zero-order valence-corrected chi connectivity index (χ0v) is 32.4. The molecule has 0 aliphatic heterocycles. The minimum absolute atomic E-state index is 0.123. The Hall–Kier alpha value is -4.85. The van der Waals surface area contributed by atoms with Crippen molar-refractivity contribution < 1.29 is 26.8 Å². The van der Waals surface area contributed by atoms with Crippen LogP contribution in [0.4, 0.5) is 0 Å². The minimum atomic E-state index is -1.99. The van der Waals surface area contributed by atoms with Crippen LogP contribution >= 0.6 is 11.6 Å². The van der Waals surface area contributed by atoms with Crippen molar-refractivity contribution in [2.75, 3.05) is 6.61 Å². The van der Waals surface area contributed by atoms with Crippen molar-refractivity contribution in [1.82, 2.24) is 0 Å². The predicted molar refractivity (Wildman–Crippen MR) is 223 cm³/mol. The van der Waals surface area contributed by atoms with Crippen molar-refractivity contribution in [3.05, 3.63) is 225 Å². The van der Waals surface area contributed by atoms with Gasteiger partial charge in [0.05, 0.1) is 33.0 Å². The number of ether oxygens (including phenoxy) is 4. The third-order valence-electron chi connectivity index (χ3n) is 10.1. The molecule has 4 atom stereocenters. The monoisotopic (exact) mass is 766 g/mol. The Morgan fingerprint density at radius 3 is 1.62 bits per heavy atom. The summed E-state index contributed by atoms with van der Waals surface area (Å²) in [6.45, 7) is 3.19. The standard InChI is InChI=1S/C50H49ClO5/c1-2-37-23-25-38(26-24-37)29-43-30-45(27-28-46(43)51)50(52)31-44(36-53-32-39-15-7-3-8-16-39)47(54-33-40-17-9-4-10-18-40)48(55-34-41-19-11-5-12-20-41)49(50)56-35-42-21-13-6-14-22-42/h3-28,30-31,47-49,52H,2,29,32-36H2,1H3/t47-,48+,49-,50-/m1/s1/i29D2. The molecule has 0 saturated heterocycles. The maximum atomic E-state index is 13.4. The van der Waals surface area contributed by atoms with Crippen LogP contribution in [0.25, 0.3) is 0 Å². The van der Waals surface area contributed by atoms with Gasteiger partial charge in [-0.25, -0.2) is 0 Å². The summed E-state index contributed by atoms with van der Waals surface area (Å²) in [7, 11) is 0. The lowest BCUT2D eigenvalue weighted by Gasteiger charge is -2.46. The number of hydrogen-bond donors (Lipinski definition) is 1. The molecule has 6 heteroatoms. The number of benzene rings is 6. The second kappa shape index (κ2) is 19.3. The number of aryl methyl sites for hydroxylation is 1. The van der Waals surface area contributed by atoms with Gasteiger partial charge in [-0.3, -0.25) is 0 Å². The third kappa shape index (κ3) is 10.1. The SMILES string of the molecule is [2H]C([2H])(c1ccc(CC)cc1)c1cc([C@]2(O)C=C(COCc3ccccc3)[C@@H](OCc3ccccc3)[C@H](OCc3ccccc3)[C@H]2OCc2ccccc2)ccc1Cl. The van der Waals surface area contributed by atoms with Gasteiger partial charge in [0.1, 0.15) is 23.9 Å². The second-order valence-electron chi connectivity index (χ2n) is 14.1. The first-order valence-electron chi connectivity index (χ1n) is 20.2. The molecule has 7 rings (SSSR count). The van der Waals surface area contributed by atoms with Crippen LogP contribution in [-0.2, 0) is 63.8 Å². The maximum absolute atomic E-state index is 13.4. The molecule has 0 saturated carbocycles. The molecule has 0 bridgehead atoms. The topological polar surface area (TPSA) is 57.2 Å². The van der Waals surface area contributed by atoms with E-state index in [1.54, 1.807) is 36.4 Å². The quantitative estimate of drug-likeness (QED) is 0.0937. The Labute approximate surface area is 338 Å². The number of hydrogen-bond acceptors (Lipinski definition) is 5. The molecule has 0 fully saturated rings. The van der Waals surface area contributed by atoms with Gasteiger partial charge in [-0.2, -0.15) is 0 Å². The molecule has 0 radical (unpaired) electrons. The fourth-order valence-corrected chi connectivity index (χ4v) is 7.20. The van der Waals surface area contributed by atoms with Crippen LogP contribution in [0, 0.1) is 0 Å². The highest BCUT2D eigenvalue weighted by Crippen LogP contribution is 2.42. The number of halogens is 1. The van der Waals surface area contributed by atoms with Crippen molar-refractivity contribution in [2.45, 2.75) is 70.1 Å². The van der Waals surface area contributed by atoms with E-state index in [1.807, 2.05) is 133 Å². The summed E-state index contributed by atoms with van der Waals surface area (Å²) in [4.78, 5) is 0. The van der Waals surface area contributed by atoms with Gasteiger partial charge < -0.3 is 24.1 Å². The fraction of sp³-hybridized carbons (Fsp3) is 0.240.